The molecule has 0 saturated carbocycles. The minimum atomic E-state index is -0.0726. The summed E-state index contributed by atoms with van der Waals surface area (Å²) in [6.07, 6.45) is 0.946. The average molecular weight is 361 g/mol. The summed E-state index contributed by atoms with van der Waals surface area (Å²) >= 11 is 7.30. The van der Waals surface area contributed by atoms with Gasteiger partial charge in [-0.15, -0.1) is 0 Å². The van der Waals surface area contributed by atoms with Crippen molar-refractivity contribution >= 4 is 44.7 Å². The maximum Gasteiger partial charge on any atom is 0.308 e. The van der Waals surface area contributed by atoms with Gasteiger partial charge in [0.25, 0.3) is 0 Å². The summed E-state index contributed by atoms with van der Waals surface area (Å²) in [5, 5.41) is 3.56. The highest BCUT2D eigenvalue weighted by molar-refractivity contribution is 7.16. The first-order valence-electron chi connectivity index (χ1n) is 7.75. The Kier molecular flexibility index (Phi) is 5.02. The smallest absolute Gasteiger partial charge is 0.308 e. The molecule has 2 aromatic carbocycles. The van der Waals surface area contributed by atoms with Crippen LogP contribution in [0.15, 0.2) is 47.3 Å². The summed E-state index contributed by atoms with van der Waals surface area (Å²) in [6.45, 7) is 2.58. The van der Waals surface area contributed by atoms with E-state index in [1.165, 1.54) is 11.3 Å². The molecule has 4 nitrogen and oxygen atoms in total. The van der Waals surface area contributed by atoms with E-state index >= 15 is 0 Å². The Morgan fingerprint density at radius 2 is 2.04 bits per heavy atom. The number of carbonyl (C=O) groups is 1. The lowest BCUT2D eigenvalue weighted by molar-refractivity contribution is -0.116. The molecule has 0 aliphatic rings. The zero-order chi connectivity index (χ0) is 17.1. The minimum absolute atomic E-state index is 0.0229. The Labute approximate surface area is 148 Å². The van der Waals surface area contributed by atoms with Gasteiger partial charge in [-0.3, -0.25) is 14.2 Å². The van der Waals surface area contributed by atoms with Crippen LogP contribution in [0, 0.1) is 0 Å². The molecule has 0 radical (unpaired) electrons. The number of halogens is 1. The lowest BCUT2D eigenvalue weighted by atomic mass is 10.1. The average Bonchev–Trinajstić information content (AvgIpc) is 2.88. The minimum Gasteiger partial charge on any atom is -0.326 e. The SMILES string of the molecule is CCn1c(=O)sc2cc(NC(=O)CCc3ccccc3Cl)ccc21. The third-order valence-corrected chi connectivity index (χ3v) is 5.16. The fourth-order valence-corrected chi connectivity index (χ4v) is 3.84. The standard InChI is InChI=1S/C18H17ClN2O2S/c1-2-21-15-9-8-13(11-16(15)24-18(21)23)20-17(22)10-7-12-5-3-4-6-14(12)19/h3-6,8-9,11H,2,7,10H2,1H3,(H,20,22). The van der Waals surface area contributed by atoms with Gasteiger partial charge >= 0.3 is 4.87 Å². The molecule has 1 amide bonds. The normalized spacial score (nSPS) is 10.9. The molecule has 0 fully saturated rings. The number of anilines is 1. The van der Waals surface area contributed by atoms with Crippen LogP contribution in [0.4, 0.5) is 5.69 Å². The number of nitrogens with one attached hydrogen (secondary N) is 1. The van der Waals surface area contributed by atoms with Gasteiger partial charge in [0.15, 0.2) is 0 Å². The predicted octanol–water partition coefficient (Wildman–Crippen LogP) is 4.31. The van der Waals surface area contributed by atoms with Gasteiger partial charge in [-0.1, -0.05) is 41.1 Å². The fourth-order valence-electron chi connectivity index (χ4n) is 2.62. The summed E-state index contributed by atoms with van der Waals surface area (Å²) < 4.78 is 2.61. The number of aryl methyl sites for hydroxylation is 2. The van der Waals surface area contributed by atoms with Crippen molar-refractivity contribution in [3.05, 3.63) is 62.7 Å². The quantitative estimate of drug-likeness (QED) is 0.737. The van der Waals surface area contributed by atoms with Crippen molar-refractivity contribution in [2.24, 2.45) is 0 Å². The first-order valence-corrected chi connectivity index (χ1v) is 8.94. The Bertz CT molecular complexity index is 946. The van der Waals surface area contributed by atoms with Crippen LogP contribution in [-0.4, -0.2) is 10.5 Å². The number of rotatable bonds is 5. The Morgan fingerprint density at radius 1 is 1.25 bits per heavy atom. The molecule has 0 bridgehead atoms. The van der Waals surface area contributed by atoms with Crippen LogP contribution in [0.2, 0.25) is 5.02 Å². The van der Waals surface area contributed by atoms with Gasteiger partial charge in [0, 0.05) is 23.7 Å². The van der Waals surface area contributed by atoms with E-state index in [-0.39, 0.29) is 10.8 Å². The van der Waals surface area contributed by atoms with Crippen molar-refractivity contribution in [1.82, 2.24) is 4.57 Å². The molecule has 0 spiro atoms. The molecule has 1 N–H and O–H groups in total. The van der Waals surface area contributed by atoms with Gasteiger partial charge in [0.2, 0.25) is 5.91 Å². The Balaban J connectivity index is 1.69. The zero-order valence-corrected chi connectivity index (χ0v) is 14.8. The maximum atomic E-state index is 12.1. The molecular weight excluding hydrogens is 344 g/mol. The molecule has 0 aliphatic carbocycles. The van der Waals surface area contributed by atoms with E-state index in [1.54, 1.807) is 4.57 Å². The largest absolute Gasteiger partial charge is 0.326 e. The second-order valence-electron chi connectivity index (χ2n) is 5.43. The van der Waals surface area contributed by atoms with Crippen molar-refractivity contribution in [3.8, 4) is 0 Å². The van der Waals surface area contributed by atoms with Gasteiger partial charge in [-0.2, -0.15) is 0 Å². The van der Waals surface area contributed by atoms with Gasteiger partial charge in [0.1, 0.15) is 0 Å². The second-order valence-corrected chi connectivity index (χ2v) is 6.83. The van der Waals surface area contributed by atoms with E-state index < -0.39 is 0 Å². The molecule has 3 aromatic rings. The number of carbonyl (C=O) groups excluding carboxylic acids is 1. The van der Waals surface area contributed by atoms with Crippen LogP contribution in [0.25, 0.3) is 10.2 Å². The van der Waals surface area contributed by atoms with E-state index in [9.17, 15) is 9.59 Å². The molecule has 0 aliphatic heterocycles. The highest BCUT2D eigenvalue weighted by atomic mass is 35.5. The van der Waals surface area contributed by atoms with Crippen molar-refractivity contribution < 1.29 is 4.79 Å². The summed E-state index contributed by atoms with van der Waals surface area (Å²) in [7, 11) is 0. The molecule has 0 saturated heterocycles. The van der Waals surface area contributed by atoms with Gasteiger partial charge in [-0.05, 0) is 43.2 Å². The van der Waals surface area contributed by atoms with E-state index in [0.717, 1.165) is 15.8 Å². The second kappa shape index (κ2) is 7.20. The van der Waals surface area contributed by atoms with Crippen molar-refractivity contribution in [3.63, 3.8) is 0 Å². The van der Waals surface area contributed by atoms with E-state index in [1.807, 2.05) is 49.4 Å². The summed E-state index contributed by atoms with van der Waals surface area (Å²) in [6, 6.07) is 13.1. The van der Waals surface area contributed by atoms with E-state index in [0.29, 0.717) is 30.1 Å². The number of fused-ring (bicyclic) bond motifs is 1. The number of benzene rings is 2. The molecule has 1 aromatic heterocycles. The fraction of sp³-hybridized carbons (Fsp3) is 0.222. The molecule has 24 heavy (non-hydrogen) atoms. The molecule has 6 heteroatoms. The van der Waals surface area contributed by atoms with Crippen LogP contribution in [0.5, 0.6) is 0 Å². The van der Waals surface area contributed by atoms with E-state index in [4.69, 9.17) is 11.6 Å². The number of thiazole rings is 1. The van der Waals surface area contributed by atoms with Gasteiger partial charge < -0.3 is 5.32 Å². The number of hydrogen-bond donors (Lipinski definition) is 1. The summed E-state index contributed by atoms with van der Waals surface area (Å²) in [4.78, 5) is 24.0. The molecule has 124 valence electrons. The molecule has 0 atom stereocenters. The zero-order valence-electron chi connectivity index (χ0n) is 13.2. The van der Waals surface area contributed by atoms with Gasteiger partial charge in [0.05, 0.1) is 10.2 Å². The molecular formula is C18H17ClN2O2S. The van der Waals surface area contributed by atoms with Gasteiger partial charge in [-0.25, -0.2) is 0 Å². The van der Waals surface area contributed by atoms with Crippen LogP contribution in [0.1, 0.15) is 18.9 Å². The Hall–Kier alpha value is -2.11. The number of nitrogens with zero attached hydrogens (tertiary/aromatic N) is 1. The first kappa shape index (κ1) is 16.7. The number of hydrogen-bond acceptors (Lipinski definition) is 3. The lowest BCUT2D eigenvalue weighted by Crippen LogP contribution is -2.12. The molecule has 1 heterocycles. The number of amides is 1. The third-order valence-electron chi connectivity index (χ3n) is 3.85. The van der Waals surface area contributed by atoms with Crippen molar-refractivity contribution in [1.29, 1.82) is 0 Å². The highest BCUT2D eigenvalue weighted by Crippen LogP contribution is 2.22. The number of aromatic nitrogens is 1. The predicted molar refractivity (Wildman–Crippen MR) is 100 cm³/mol. The van der Waals surface area contributed by atoms with Crippen LogP contribution in [0.3, 0.4) is 0 Å². The molecule has 0 unspecified atom stereocenters. The van der Waals surface area contributed by atoms with Crippen LogP contribution >= 0.6 is 22.9 Å². The van der Waals surface area contributed by atoms with Crippen molar-refractivity contribution in [2.75, 3.05) is 5.32 Å². The van der Waals surface area contributed by atoms with Crippen LogP contribution in [-0.2, 0) is 17.8 Å². The maximum absolute atomic E-state index is 12.1. The van der Waals surface area contributed by atoms with Crippen molar-refractivity contribution in [2.45, 2.75) is 26.3 Å². The topological polar surface area (TPSA) is 51.1 Å². The first-order chi connectivity index (χ1) is 11.6. The van der Waals surface area contributed by atoms with Crippen LogP contribution < -0.4 is 10.2 Å². The summed E-state index contributed by atoms with van der Waals surface area (Å²) in [5.41, 5.74) is 2.57. The molecule has 3 rings (SSSR count). The Morgan fingerprint density at radius 3 is 2.79 bits per heavy atom. The monoisotopic (exact) mass is 360 g/mol. The summed E-state index contributed by atoms with van der Waals surface area (Å²) in [5.74, 6) is -0.0726. The lowest BCUT2D eigenvalue weighted by Gasteiger charge is -2.07. The van der Waals surface area contributed by atoms with E-state index in [2.05, 4.69) is 5.32 Å². The third kappa shape index (κ3) is 3.52. The highest BCUT2D eigenvalue weighted by Gasteiger charge is 2.09.